The number of nitrogens with zero attached hydrogens (tertiary/aromatic N) is 2. The van der Waals surface area contributed by atoms with Crippen LogP contribution in [-0.2, 0) is 9.53 Å². The number of carbonyl (C=O) groups is 2. The molecule has 3 N–H and O–H groups in total. The predicted octanol–water partition coefficient (Wildman–Crippen LogP) is 2.83. The van der Waals surface area contributed by atoms with E-state index in [4.69, 9.17) is 10.5 Å². The summed E-state index contributed by atoms with van der Waals surface area (Å²) in [4.78, 5) is 28.9. The summed E-state index contributed by atoms with van der Waals surface area (Å²) in [6.45, 7) is 3.95. The van der Waals surface area contributed by atoms with Crippen molar-refractivity contribution < 1.29 is 14.3 Å². The topological polar surface area (TPSA) is 118 Å². The molecule has 136 valence electrons. The molecule has 0 amide bonds. The van der Waals surface area contributed by atoms with Gasteiger partial charge in [-0.1, -0.05) is 19.9 Å². The minimum Gasteiger partial charge on any atom is -0.467 e. The van der Waals surface area contributed by atoms with Crippen molar-refractivity contribution >= 4 is 33.8 Å². The zero-order chi connectivity index (χ0) is 19.3. The van der Waals surface area contributed by atoms with Crippen LogP contribution in [0.2, 0.25) is 0 Å². The maximum absolute atomic E-state index is 12.6. The molecule has 8 heteroatoms. The van der Waals surface area contributed by atoms with Gasteiger partial charge in [0.2, 0.25) is 5.78 Å². The van der Waals surface area contributed by atoms with Crippen LogP contribution in [0, 0.1) is 17.2 Å². The van der Waals surface area contributed by atoms with Crippen molar-refractivity contribution in [3.63, 3.8) is 0 Å². The van der Waals surface area contributed by atoms with Crippen LogP contribution in [0.1, 0.15) is 41.2 Å². The molecule has 0 aliphatic carbocycles. The highest BCUT2D eigenvalue weighted by molar-refractivity contribution is 7.19. The lowest BCUT2D eigenvalue weighted by molar-refractivity contribution is -0.141. The second kappa shape index (κ2) is 8.45. The fourth-order valence-corrected chi connectivity index (χ4v) is 3.50. The lowest BCUT2D eigenvalue weighted by atomic mass is 10.0. The Hall–Kier alpha value is -2.92. The lowest BCUT2D eigenvalue weighted by Crippen LogP contribution is -2.32. The molecular formula is C18H20N4O3S. The Labute approximate surface area is 155 Å². The fraction of sp³-hybridized carbons (Fsp3) is 0.333. The normalized spacial score (nSPS) is 11.7. The SMILES string of the molecule is COC(=O)C(CC(C)C)Nc1sc(C(=O)c2ccccn2)c(N)c1C#N. The first-order valence-corrected chi connectivity index (χ1v) is 8.83. The first-order chi connectivity index (χ1) is 12.4. The predicted molar refractivity (Wildman–Crippen MR) is 100.0 cm³/mol. The average Bonchev–Trinajstić information content (AvgIpc) is 2.95. The molecule has 0 spiro atoms. The van der Waals surface area contributed by atoms with Crippen molar-refractivity contribution in [1.29, 1.82) is 5.26 Å². The smallest absolute Gasteiger partial charge is 0.328 e. The van der Waals surface area contributed by atoms with E-state index in [-0.39, 0.29) is 33.5 Å². The highest BCUT2D eigenvalue weighted by atomic mass is 32.1. The fourth-order valence-electron chi connectivity index (χ4n) is 2.42. The molecule has 0 aromatic carbocycles. The third-order valence-electron chi connectivity index (χ3n) is 3.66. The van der Waals surface area contributed by atoms with Crippen LogP contribution in [0.4, 0.5) is 10.7 Å². The van der Waals surface area contributed by atoms with Gasteiger partial charge >= 0.3 is 5.97 Å². The molecule has 1 unspecified atom stereocenters. The molecule has 0 fully saturated rings. The number of thiophene rings is 1. The largest absolute Gasteiger partial charge is 0.467 e. The van der Waals surface area contributed by atoms with E-state index >= 15 is 0 Å². The molecule has 2 aromatic rings. The summed E-state index contributed by atoms with van der Waals surface area (Å²) >= 11 is 1.04. The van der Waals surface area contributed by atoms with Gasteiger partial charge in [-0.15, -0.1) is 11.3 Å². The highest BCUT2D eigenvalue weighted by Crippen LogP contribution is 2.37. The maximum Gasteiger partial charge on any atom is 0.328 e. The van der Waals surface area contributed by atoms with Gasteiger partial charge in [0.05, 0.1) is 12.8 Å². The molecule has 2 heterocycles. The van der Waals surface area contributed by atoms with Gasteiger partial charge < -0.3 is 15.8 Å². The van der Waals surface area contributed by atoms with Crippen LogP contribution < -0.4 is 11.1 Å². The van der Waals surface area contributed by atoms with Crippen LogP contribution in [0.25, 0.3) is 0 Å². The standard InChI is InChI=1S/C18H20N4O3S/c1-10(2)8-13(18(24)25-3)22-17-11(9-19)14(20)16(26-17)15(23)12-6-4-5-7-21-12/h4-7,10,13,22H,8,20H2,1-3H3. The van der Waals surface area contributed by atoms with E-state index in [0.717, 1.165) is 11.3 Å². The third kappa shape index (κ3) is 4.18. The molecule has 0 aliphatic heterocycles. The number of ketones is 1. The van der Waals surface area contributed by atoms with Gasteiger partial charge in [0.1, 0.15) is 33.2 Å². The van der Waals surface area contributed by atoms with Crippen LogP contribution in [0.5, 0.6) is 0 Å². The molecular weight excluding hydrogens is 352 g/mol. The van der Waals surface area contributed by atoms with Gasteiger partial charge in [0, 0.05) is 6.20 Å². The summed E-state index contributed by atoms with van der Waals surface area (Å²) < 4.78 is 4.82. The van der Waals surface area contributed by atoms with Gasteiger partial charge in [0.25, 0.3) is 0 Å². The molecule has 7 nitrogen and oxygen atoms in total. The van der Waals surface area contributed by atoms with Gasteiger partial charge in [0.15, 0.2) is 0 Å². The molecule has 0 saturated heterocycles. The summed E-state index contributed by atoms with van der Waals surface area (Å²) in [5.74, 6) is -0.577. The van der Waals surface area contributed by atoms with Crippen molar-refractivity contribution in [2.45, 2.75) is 26.3 Å². The Bertz CT molecular complexity index is 840. The summed E-state index contributed by atoms with van der Waals surface area (Å²) in [5, 5.41) is 12.8. The first kappa shape index (κ1) is 19.4. The summed E-state index contributed by atoms with van der Waals surface area (Å²) in [5.41, 5.74) is 6.49. The molecule has 1 atom stereocenters. The number of nitriles is 1. The summed E-state index contributed by atoms with van der Waals surface area (Å²) in [7, 11) is 1.31. The molecule has 0 aliphatic rings. The number of methoxy groups -OCH3 is 1. The van der Waals surface area contributed by atoms with E-state index in [1.54, 1.807) is 18.2 Å². The number of esters is 1. The third-order valence-corrected chi connectivity index (χ3v) is 4.79. The Morgan fingerprint density at radius 2 is 2.15 bits per heavy atom. The van der Waals surface area contributed by atoms with Crippen molar-refractivity contribution in [1.82, 2.24) is 4.98 Å². The number of aromatic nitrogens is 1. The Kier molecular flexibility index (Phi) is 6.31. The monoisotopic (exact) mass is 372 g/mol. The molecule has 0 bridgehead atoms. The van der Waals surface area contributed by atoms with E-state index in [1.807, 2.05) is 19.9 Å². The zero-order valence-electron chi connectivity index (χ0n) is 14.8. The number of carbonyl (C=O) groups excluding carboxylic acids is 2. The highest BCUT2D eigenvalue weighted by Gasteiger charge is 2.27. The average molecular weight is 372 g/mol. The van der Waals surface area contributed by atoms with Crippen molar-refractivity contribution in [3.8, 4) is 6.07 Å². The molecule has 2 rings (SSSR count). The van der Waals surface area contributed by atoms with Crippen LogP contribution in [0.15, 0.2) is 24.4 Å². The summed E-state index contributed by atoms with van der Waals surface area (Å²) in [6, 6.07) is 6.35. The number of nitrogen functional groups attached to an aromatic ring is 1. The van der Waals surface area contributed by atoms with E-state index in [1.165, 1.54) is 13.3 Å². The van der Waals surface area contributed by atoms with Gasteiger partial charge in [-0.3, -0.25) is 9.78 Å². The second-order valence-corrected chi connectivity index (χ2v) is 7.08. The minimum atomic E-state index is -0.636. The molecule has 2 aromatic heterocycles. The number of nitrogens with two attached hydrogens (primary N) is 1. The molecule has 26 heavy (non-hydrogen) atoms. The number of nitrogens with one attached hydrogen (secondary N) is 1. The van der Waals surface area contributed by atoms with E-state index in [0.29, 0.717) is 11.4 Å². The minimum absolute atomic E-state index is 0.0869. The summed E-state index contributed by atoms with van der Waals surface area (Å²) in [6.07, 6.45) is 2.02. The van der Waals surface area contributed by atoms with Crippen LogP contribution in [0.3, 0.4) is 0 Å². The van der Waals surface area contributed by atoms with E-state index in [9.17, 15) is 14.9 Å². The maximum atomic E-state index is 12.6. The number of pyridine rings is 1. The van der Waals surface area contributed by atoms with Gasteiger partial charge in [-0.05, 0) is 24.5 Å². The van der Waals surface area contributed by atoms with Crippen LogP contribution >= 0.6 is 11.3 Å². The molecule has 0 radical (unpaired) electrons. The first-order valence-electron chi connectivity index (χ1n) is 8.01. The second-order valence-electron chi connectivity index (χ2n) is 6.05. The van der Waals surface area contributed by atoms with E-state index in [2.05, 4.69) is 10.3 Å². The lowest BCUT2D eigenvalue weighted by Gasteiger charge is -2.18. The van der Waals surface area contributed by atoms with Crippen molar-refractivity contribution in [2.24, 2.45) is 5.92 Å². The number of hydrogen-bond donors (Lipinski definition) is 2. The quantitative estimate of drug-likeness (QED) is 0.566. The Morgan fingerprint density at radius 3 is 2.69 bits per heavy atom. The van der Waals surface area contributed by atoms with Crippen LogP contribution in [-0.4, -0.2) is 29.9 Å². The number of rotatable bonds is 7. The van der Waals surface area contributed by atoms with Crippen molar-refractivity contribution in [3.05, 3.63) is 40.5 Å². The van der Waals surface area contributed by atoms with E-state index < -0.39 is 12.0 Å². The number of anilines is 2. The zero-order valence-corrected chi connectivity index (χ0v) is 15.6. The molecule has 0 saturated carbocycles. The Balaban J connectivity index is 2.39. The van der Waals surface area contributed by atoms with Crippen molar-refractivity contribution in [2.75, 3.05) is 18.2 Å². The number of hydrogen-bond acceptors (Lipinski definition) is 8. The van der Waals surface area contributed by atoms with Gasteiger partial charge in [-0.2, -0.15) is 5.26 Å². The Morgan fingerprint density at radius 1 is 1.42 bits per heavy atom. The van der Waals surface area contributed by atoms with Gasteiger partial charge in [-0.25, -0.2) is 4.79 Å². The number of ether oxygens (including phenoxy) is 1.